The monoisotopic (exact) mass is 265 g/mol. The molecule has 1 aliphatic carbocycles. The average Bonchev–Trinajstić information content (AvgIpc) is 3.21. The van der Waals surface area contributed by atoms with Gasteiger partial charge in [0.15, 0.2) is 0 Å². The Balaban J connectivity index is 1.94. The molecular weight excluding hydrogens is 241 g/mol. The van der Waals surface area contributed by atoms with Gasteiger partial charge in [0, 0.05) is 31.9 Å². The molecule has 19 heavy (non-hydrogen) atoms. The Bertz CT molecular complexity index is 415. The Morgan fingerprint density at radius 1 is 1.32 bits per heavy atom. The first kappa shape index (κ1) is 14.5. The normalized spacial score (nSPS) is 14.9. The first-order chi connectivity index (χ1) is 9.20. The Hall–Kier alpha value is -0.930. The van der Waals surface area contributed by atoms with Crippen molar-refractivity contribution in [3.05, 3.63) is 34.6 Å². The van der Waals surface area contributed by atoms with E-state index in [1.165, 1.54) is 18.4 Å². The van der Waals surface area contributed by atoms with Gasteiger partial charge >= 0.3 is 0 Å². The van der Waals surface area contributed by atoms with Crippen molar-refractivity contribution in [2.45, 2.75) is 51.6 Å². The minimum atomic E-state index is -0.0474. The predicted octanol–water partition coefficient (Wildman–Crippen LogP) is 3.36. The molecule has 0 aromatic heterocycles. The molecule has 1 aromatic rings. The number of benzene rings is 1. The molecule has 106 valence electrons. The number of hydrogen-bond acceptors (Lipinski definition) is 2. The van der Waals surface area contributed by atoms with Gasteiger partial charge in [0.1, 0.15) is 5.82 Å². The molecule has 0 spiro atoms. The summed E-state index contributed by atoms with van der Waals surface area (Å²) in [4.78, 5) is 0. The highest BCUT2D eigenvalue weighted by Gasteiger charge is 2.20. The second kappa shape index (κ2) is 7.01. The molecule has 1 aliphatic rings. The molecular formula is C16H24FNO. The summed E-state index contributed by atoms with van der Waals surface area (Å²) in [6, 6.07) is 4.61. The predicted molar refractivity (Wildman–Crippen MR) is 75.8 cm³/mol. The van der Waals surface area contributed by atoms with Gasteiger partial charge < -0.3 is 10.1 Å². The molecule has 0 atom stereocenters. The van der Waals surface area contributed by atoms with Crippen molar-refractivity contribution in [2.24, 2.45) is 0 Å². The fraction of sp³-hybridized carbons (Fsp3) is 0.625. The van der Waals surface area contributed by atoms with E-state index in [0.29, 0.717) is 12.6 Å². The van der Waals surface area contributed by atoms with Gasteiger partial charge in [-0.25, -0.2) is 4.39 Å². The van der Waals surface area contributed by atoms with Crippen molar-refractivity contribution in [3.8, 4) is 0 Å². The molecule has 0 aliphatic heterocycles. The Morgan fingerprint density at radius 3 is 2.79 bits per heavy atom. The van der Waals surface area contributed by atoms with Gasteiger partial charge in [0.05, 0.1) is 0 Å². The lowest BCUT2D eigenvalue weighted by atomic mass is 10.0. The van der Waals surface area contributed by atoms with Gasteiger partial charge in [-0.2, -0.15) is 0 Å². The summed E-state index contributed by atoms with van der Waals surface area (Å²) in [6.07, 6.45) is 5.62. The standard InChI is InChI=1S/C16H24FNO/c1-12-9-13(5-3-4-8-19-2)10-14(16(12)17)11-18-15-6-7-15/h9-10,15,18H,3-8,11H2,1-2H3. The van der Waals surface area contributed by atoms with E-state index in [-0.39, 0.29) is 5.82 Å². The highest BCUT2D eigenvalue weighted by molar-refractivity contribution is 5.31. The quantitative estimate of drug-likeness (QED) is 0.728. The van der Waals surface area contributed by atoms with Crippen LogP contribution in [0.3, 0.4) is 0 Å². The second-order valence-electron chi connectivity index (χ2n) is 5.49. The fourth-order valence-electron chi connectivity index (χ4n) is 2.31. The van der Waals surface area contributed by atoms with E-state index in [2.05, 4.69) is 5.32 Å². The van der Waals surface area contributed by atoms with Crippen LogP contribution < -0.4 is 5.32 Å². The van der Waals surface area contributed by atoms with E-state index in [4.69, 9.17) is 4.74 Å². The van der Waals surface area contributed by atoms with Crippen molar-refractivity contribution in [1.82, 2.24) is 5.32 Å². The molecule has 0 amide bonds. The van der Waals surface area contributed by atoms with Crippen molar-refractivity contribution in [3.63, 3.8) is 0 Å². The Kier molecular flexibility index (Phi) is 5.34. The lowest BCUT2D eigenvalue weighted by Crippen LogP contribution is -2.17. The molecule has 1 saturated carbocycles. The van der Waals surface area contributed by atoms with Crippen LogP contribution in [0.2, 0.25) is 0 Å². The molecule has 1 aromatic carbocycles. The molecule has 1 fully saturated rings. The maximum atomic E-state index is 14.0. The van der Waals surface area contributed by atoms with Crippen LogP contribution >= 0.6 is 0 Å². The van der Waals surface area contributed by atoms with Crippen LogP contribution in [-0.4, -0.2) is 19.8 Å². The van der Waals surface area contributed by atoms with Gasteiger partial charge in [-0.15, -0.1) is 0 Å². The molecule has 0 radical (unpaired) electrons. The van der Waals surface area contributed by atoms with Gasteiger partial charge in [-0.05, 0) is 50.2 Å². The summed E-state index contributed by atoms with van der Waals surface area (Å²) in [5.41, 5.74) is 2.81. The van der Waals surface area contributed by atoms with Crippen LogP contribution in [0, 0.1) is 12.7 Å². The molecule has 0 bridgehead atoms. The van der Waals surface area contributed by atoms with Gasteiger partial charge in [0.25, 0.3) is 0 Å². The van der Waals surface area contributed by atoms with Crippen LogP contribution in [0.15, 0.2) is 12.1 Å². The first-order valence-corrected chi connectivity index (χ1v) is 7.21. The lowest BCUT2D eigenvalue weighted by molar-refractivity contribution is 0.193. The van der Waals surface area contributed by atoms with Crippen molar-refractivity contribution in [1.29, 1.82) is 0 Å². The topological polar surface area (TPSA) is 21.3 Å². The van der Waals surface area contributed by atoms with Gasteiger partial charge in [-0.3, -0.25) is 0 Å². The summed E-state index contributed by atoms with van der Waals surface area (Å²) in [7, 11) is 1.73. The zero-order valence-corrected chi connectivity index (χ0v) is 12.0. The maximum absolute atomic E-state index is 14.0. The minimum absolute atomic E-state index is 0.0474. The van der Waals surface area contributed by atoms with E-state index >= 15 is 0 Å². The molecule has 2 nitrogen and oxygen atoms in total. The van der Waals surface area contributed by atoms with E-state index in [0.717, 1.165) is 37.0 Å². The minimum Gasteiger partial charge on any atom is -0.385 e. The van der Waals surface area contributed by atoms with Crippen molar-refractivity contribution < 1.29 is 9.13 Å². The fourth-order valence-corrected chi connectivity index (χ4v) is 2.31. The van der Waals surface area contributed by atoms with Crippen LogP contribution in [0.4, 0.5) is 4.39 Å². The largest absolute Gasteiger partial charge is 0.385 e. The number of methoxy groups -OCH3 is 1. The van der Waals surface area contributed by atoms with E-state index < -0.39 is 0 Å². The van der Waals surface area contributed by atoms with Gasteiger partial charge in [0.2, 0.25) is 0 Å². The maximum Gasteiger partial charge on any atom is 0.130 e. The third kappa shape index (κ3) is 4.59. The van der Waals surface area contributed by atoms with Crippen LogP contribution in [0.5, 0.6) is 0 Å². The summed E-state index contributed by atoms with van der Waals surface area (Å²) in [5, 5.41) is 3.38. The van der Waals surface area contributed by atoms with E-state index in [1.54, 1.807) is 7.11 Å². The molecule has 0 heterocycles. The number of nitrogens with one attached hydrogen (secondary N) is 1. The second-order valence-corrected chi connectivity index (χ2v) is 5.49. The zero-order chi connectivity index (χ0) is 13.7. The molecule has 2 rings (SSSR count). The highest BCUT2D eigenvalue weighted by atomic mass is 19.1. The Morgan fingerprint density at radius 2 is 2.11 bits per heavy atom. The summed E-state index contributed by atoms with van der Waals surface area (Å²) in [5.74, 6) is -0.0474. The average molecular weight is 265 g/mol. The number of ether oxygens (including phenoxy) is 1. The summed E-state index contributed by atoms with van der Waals surface area (Å²) >= 11 is 0. The third-order valence-electron chi connectivity index (χ3n) is 3.61. The van der Waals surface area contributed by atoms with Crippen molar-refractivity contribution in [2.75, 3.05) is 13.7 Å². The summed E-state index contributed by atoms with van der Waals surface area (Å²) in [6.45, 7) is 3.31. The smallest absolute Gasteiger partial charge is 0.130 e. The molecule has 1 N–H and O–H groups in total. The van der Waals surface area contributed by atoms with Crippen LogP contribution in [0.25, 0.3) is 0 Å². The number of halogens is 1. The zero-order valence-electron chi connectivity index (χ0n) is 12.0. The number of rotatable bonds is 8. The molecule has 0 unspecified atom stereocenters. The Labute approximate surface area is 115 Å². The SMILES string of the molecule is COCCCCc1cc(C)c(F)c(CNC2CC2)c1. The number of hydrogen-bond donors (Lipinski definition) is 1. The van der Waals surface area contributed by atoms with Crippen LogP contribution in [-0.2, 0) is 17.7 Å². The first-order valence-electron chi connectivity index (χ1n) is 7.21. The van der Waals surface area contributed by atoms with Gasteiger partial charge in [-0.1, -0.05) is 12.1 Å². The summed E-state index contributed by atoms with van der Waals surface area (Å²) < 4.78 is 19.1. The molecule has 0 saturated heterocycles. The van der Waals surface area contributed by atoms with E-state index in [9.17, 15) is 4.39 Å². The van der Waals surface area contributed by atoms with E-state index in [1.807, 2.05) is 19.1 Å². The number of unbranched alkanes of at least 4 members (excludes halogenated alkanes) is 1. The lowest BCUT2D eigenvalue weighted by Gasteiger charge is -2.10. The van der Waals surface area contributed by atoms with Crippen molar-refractivity contribution >= 4 is 0 Å². The number of aryl methyl sites for hydroxylation is 2. The molecule has 3 heteroatoms. The highest BCUT2D eigenvalue weighted by Crippen LogP contribution is 2.21. The third-order valence-corrected chi connectivity index (χ3v) is 3.61. The van der Waals surface area contributed by atoms with Crippen LogP contribution in [0.1, 0.15) is 42.4 Å².